The fraction of sp³-hybridized carbons (Fsp3) is 0.273. The zero-order valence-electron chi connectivity index (χ0n) is 17.3. The Kier molecular flexibility index (Phi) is 7.43. The van der Waals surface area contributed by atoms with E-state index in [4.69, 9.17) is 5.11 Å². The molecule has 0 atom stereocenters. The van der Waals surface area contributed by atoms with Crippen molar-refractivity contribution >= 4 is 21.6 Å². The van der Waals surface area contributed by atoms with E-state index < -0.39 is 10.0 Å². The van der Waals surface area contributed by atoms with Crippen LogP contribution < -0.4 is 10.0 Å². The van der Waals surface area contributed by atoms with Gasteiger partial charge in [-0.05, 0) is 55.7 Å². The van der Waals surface area contributed by atoms with Crippen molar-refractivity contribution in [2.75, 3.05) is 17.9 Å². The summed E-state index contributed by atoms with van der Waals surface area (Å²) < 4.78 is 29.1. The Morgan fingerprint density at radius 1 is 1.13 bits per heavy atom. The van der Waals surface area contributed by atoms with E-state index in [0.29, 0.717) is 24.3 Å². The molecule has 0 aliphatic heterocycles. The second-order valence-electron chi connectivity index (χ2n) is 7.09. The van der Waals surface area contributed by atoms with E-state index in [2.05, 4.69) is 15.1 Å². The first-order chi connectivity index (χ1) is 14.9. The summed E-state index contributed by atoms with van der Waals surface area (Å²) >= 11 is 0. The van der Waals surface area contributed by atoms with Crippen LogP contribution in [0.4, 0.5) is 5.69 Å². The maximum Gasteiger partial charge on any atom is 0.261 e. The molecule has 0 aliphatic rings. The second kappa shape index (κ2) is 10.2. The van der Waals surface area contributed by atoms with Crippen LogP contribution in [0.15, 0.2) is 65.7 Å². The molecule has 3 aromatic rings. The molecule has 0 saturated carbocycles. The molecule has 3 N–H and O–H groups in total. The standard InChI is InChI=1S/C22H26N4O4S/c1-17-19(16-26(24-17)13-14-27)8-6-12-23-22(28)18-7-5-9-20(15-18)25-31(29,30)21-10-3-2-4-11-21/h2-5,7,9-11,15-16,25,27H,6,8,12-14H2,1H3,(H,23,28). The highest BCUT2D eigenvalue weighted by molar-refractivity contribution is 7.92. The van der Waals surface area contributed by atoms with Gasteiger partial charge in [0.1, 0.15) is 0 Å². The molecule has 0 unspecified atom stereocenters. The summed E-state index contributed by atoms with van der Waals surface area (Å²) in [6.07, 6.45) is 3.40. The largest absolute Gasteiger partial charge is 0.394 e. The average Bonchev–Trinajstić information content (AvgIpc) is 3.11. The van der Waals surface area contributed by atoms with Crippen LogP contribution in [0, 0.1) is 6.92 Å². The lowest BCUT2D eigenvalue weighted by Gasteiger charge is -2.10. The number of nitrogens with zero attached hydrogens (tertiary/aromatic N) is 2. The number of aromatic nitrogens is 2. The summed E-state index contributed by atoms with van der Waals surface area (Å²) in [4.78, 5) is 12.6. The van der Waals surface area contributed by atoms with Gasteiger partial charge in [-0.1, -0.05) is 24.3 Å². The van der Waals surface area contributed by atoms with Crippen LogP contribution in [0.5, 0.6) is 0 Å². The number of hydrogen-bond acceptors (Lipinski definition) is 5. The molecule has 0 spiro atoms. The summed E-state index contributed by atoms with van der Waals surface area (Å²) in [5, 5.41) is 16.2. The zero-order valence-corrected chi connectivity index (χ0v) is 18.1. The number of carbonyl (C=O) groups is 1. The van der Waals surface area contributed by atoms with Gasteiger partial charge in [0.05, 0.1) is 23.7 Å². The third-order valence-corrected chi connectivity index (χ3v) is 6.11. The molecule has 31 heavy (non-hydrogen) atoms. The Bertz CT molecular complexity index is 1130. The van der Waals surface area contributed by atoms with Crippen LogP contribution in [0.1, 0.15) is 28.0 Å². The van der Waals surface area contributed by atoms with Crippen molar-refractivity contribution in [2.24, 2.45) is 0 Å². The first kappa shape index (κ1) is 22.5. The number of nitrogens with one attached hydrogen (secondary N) is 2. The normalized spacial score (nSPS) is 11.3. The molecule has 0 saturated heterocycles. The zero-order chi connectivity index (χ0) is 22.3. The van der Waals surface area contributed by atoms with E-state index in [1.165, 1.54) is 18.2 Å². The van der Waals surface area contributed by atoms with Crippen molar-refractivity contribution in [3.05, 3.63) is 77.6 Å². The Labute approximate surface area is 182 Å². The highest BCUT2D eigenvalue weighted by Gasteiger charge is 2.14. The van der Waals surface area contributed by atoms with Crippen LogP contribution in [0.25, 0.3) is 0 Å². The van der Waals surface area contributed by atoms with Crippen molar-refractivity contribution in [2.45, 2.75) is 31.2 Å². The first-order valence-electron chi connectivity index (χ1n) is 9.99. The minimum atomic E-state index is -3.72. The molecule has 2 aromatic carbocycles. The lowest BCUT2D eigenvalue weighted by molar-refractivity contribution is 0.0953. The fourth-order valence-corrected chi connectivity index (χ4v) is 4.21. The second-order valence-corrected chi connectivity index (χ2v) is 8.77. The Morgan fingerprint density at radius 2 is 1.90 bits per heavy atom. The van der Waals surface area contributed by atoms with Crippen LogP contribution in [-0.2, 0) is 23.0 Å². The third kappa shape index (κ3) is 6.16. The molecule has 8 nitrogen and oxygen atoms in total. The van der Waals surface area contributed by atoms with Gasteiger partial charge in [0.25, 0.3) is 15.9 Å². The average molecular weight is 443 g/mol. The van der Waals surface area contributed by atoms with Crippen LogP contribution in [-0.4, -0.2) is 42.4 Å². The van der Waals surface area contributed by atoms with Gasteiger partial charge in [0, 0.05) is 24.0 Å². The summed E-state index contributed by atoms with van der Waals surface area (Å²) in [5.74, 6) is -0.270. The lowest BCUT2D eigenvalue weighted by atomic mass is 10.1. The molecule has 1 aromatic heterocycles. The number of hydrogen-bond donors (Lipinski definition) is 3. The van der Waals surface area contributed by atoms with Gasteiger partial charge in [-0.25, -0.2) is 8.42 Å². The Balaban J connectivity index is 1.54. The molecule has 0 fully saturated rings. The van der Waals surface area contributed by atoms with Crippen molar-refractivity contribution in [1.29, 1.82) is 0 Å². The first-order valence-corrected chi connectivity index (χ1v) is 11.5. The monoisotopic (exact) mass is 442 g/mol. The number of rotatable bonds is 10. The fourth-order valence-electron chi connectivity index (χ4n) is 3.14. The highest BCUT2D eigenvalue weighted by Crippen LogP contribution is 2.17. The molecule has 164 valence electrons. The molecule has 0 aliphatic carbocycles. The molecular formula is C22H26N4O4S. The van der Waals surface area contributed by atoms with Gasteiger partial charge in [-0.15, -0.1) is 0 Å². The lowest BCUT2D eigenvalue weighted by Crippen LogP contribution is -2.25. The van der Waals surface area contributed by atoms with Crippen molar-refractivity contribution < 1.29 is 18.3 Å². The van der Waals surface area contributed by atoms with E-state index in [1.54, 1.807) is 41.1 Å². The summed E-state index contributed by atoms with van der Waals surface area (Å²) in [7, 11) is -3.72. The molecule has 3 rings (SSSR count). The topological polar surface area (TPSA) is 113 Å². The van der Waals surface area contributed by atoms with Crippen LogP contribution in [0.2, 0.25) is 0 Å². The van der Waals surface area contributed by atoms with Crippen LogP contribution in [0.3, 0.4) is 0 Å². The maximum absolute atomic E-state index is 12.5. The van der Waals surface area contributed by atoms with Crippen molar-refractivity contribution in [3.63, 3.8) is 0 Å². The molecule has 1 amide bonds. The van der Waals surface area contributed by atoms with Gasteiger partial charge in [0.2, 0.25) is 0 Å². The predicted octanol–water partition coefficient (Wildman–Crippen LogP) is 2.35. The van der Waals surface area contributed by atoms with E-state index in [0.717, 1.165) is 24.1 Å². The van der Waals surface area contributed by atoms with Crippen molar-refractivity contribution in [3.8, 4) is 0 Å². The Morgan fingerprint density at radius 3 is 2.65 bits per heavy atom. The third-order valence-electron chi connectivity index (χ3n) is 4.72. The van der Waals surface area contributed by atoms with E-state index in [-0.39, 0.29) is 17.4 Å². The predicted molar refractivity (Wildman–Crippen MR) is 118 cm³/mol. The maximum atomic E-state index is 12.5. The highest BCUT2D eigenvalue weighted by atomic mass is 32.2. The number of aliphatic hydroxyl groups excluding tert-OH is 1. The van der Waals surface area contributed by atoms with Gasteiger partial charge in [-0.3, -0.25) is 14.2 Å². The number of sulfonamides is 1. The smallest absolute Gasteiger partial charge is 0.261 e. The number of aliphatic hydroxyl groups is 1. The molecular weight excluding hydrogens is 416 g/mol. The van der Waals surface area contributed by atoms with Crippen molar-refractivity contribution in [1.82, 2.24) is 15.1 Å². The Hall–Kier alpha value is -3.17. The number of carbonyl (C=O) groups excluding carboxylic acids is 1. The summed E-state index contributed by atoms with van der Waals surface area (Å²) in [5.41, 5.74) is 2.70. The van der Waals surface area contributed by atoms with E-state index in [1.807, 2.05) is 13.1 Å². The van der Waals surface area contributed by atoms with Gasteiger partial charge in [0.15, 0.2) is 0 Å². The number of aryl methyl sites for hydroxylation is 2. The van der Waals surface area contributed by atoms with E-state index in [9.17, 15) is 13.2 Å². The minimum absolute atomic E-state index is 0.0389. The SMILES string of the molecule is Cc1nn(CCO)cc1CCCNC(=O)c1cccc(NS(=O)(=O)c2ccccc2)c1. The molecule has 0 bridgehead atoms. The molecule has 9 heteroatoms. The summed E-state index contributed by atoms with van der Waals surface area (Å²) in [6.45, 7) is 2.90. The van der Waals surface area contributed by atoms with Gasteiger partial charge < -0.3 is 10.4 Å². The number of benzene rings is 2. The number of amides is 1. The van der Waals surface area contributed by atoms with Crippen LogP contribution >= 0.6 is 0 Å². The molecule has 1 heterocycles. The van der Waals surface area contributed by atoms with Gasteiger partial charge >= 0.3 is 0 Å². The van der Waals surface area contributed by atoms with Gasteiger partial charge in [-0.2, -0.15) is 5.10 Å². The molecule has 0 radical (unpaired) electrons. The minimum Gasteiger partial charge on any atom is -0.394 e. The summed E-state index contributed by atoms with van der Waals surface area (Å²) in [6, 6.07) is 14.4. The number of anilines is 1. The quantitative estimate of drug-likeness (QED) is 0.417. The van der Waals surface area contributed by atoms with E-state index >= 15 is 0 Å².